The smallest absolute Gasteiger partial charge is 0.320 e. The first-order chi connectivity index (χ1) is 8.17. The third-order valence-electron chi connectivity index (χ3n) is 5.22. The SMILES string of the molecule is CCC(C(=O)O)N1CC2CC3CC(C2)CC1C3. The summed E-state index contributed by atoms with van der Waals surface area (Å²) in [6.07, 6.45) is 7.41. The molecule has 2 saturated heterocycles. The minimum atomic E-state index is -0.617. The molecule has 4 rings (SSSR count). The molecule has 0 aromatic heterocycles. The van der Waals surface area contributed by atoms with Crippen LogP contribution in [0.1, 0.15) is 45.4 Å². The highest BCUT2D eigenvalue weighted by Gasteiger charge is 2.45. The van der Waals surface area contributed by atoms with Gasteiger partial charge >= 0.3 is 5.97 Å². The van der Waals surface area contributed by atoms with Gasteiger partial charge in [-0.3, -0.25) is 9.69 Å². The zero-order chi connectivity index (χ0) is 12.0. The molecule has 0 aromatic rings. The van der Waals surface area contributed by atoms with Gasteiger partial charge in [0.1, 0.15) is 6.04 Å². The van der Waals surface area contributed by atoms with Crippen LogP contribution in [0.2, 0.25) is 0 Å². The molecule has 0 spiro atoms. The van der Waals surface area contributed by atoms with Gasteiger partial charge in [-0.15, -0.1) is 0 Å². The highest BCUT2D eigenvalue weighted by Crippen LogP contribution is 2.48. The summed E-state index contributed by atoms with van der Waals surface area (Å²) in [5, 5.41) is 9.37. The third kappa shape index (κ3) is 1.99. The lowest BCUT2D eigenvalue weighted by Gasteiger charge is -2.40. The number of carbonyl (C=O) groups is 1. The fraction of sp³-hybridized carbons (Fsp3) is 0.929. The molecule has 3 heteroatoms. The molecule has 1 N–H and O–H groups in total. The number of rotatable bonds is 3. The molecule has 3 unspecified atom stereocenters. The van der Waals surface area contributed by atoms with E-state index in [2.05, 4.69) is 4.90 Å². The van der Waals surface area contributed by atoms with Crippen LogP contribution in [-0.4, -0.2) is 34.6 Å². The second-order valence-electron chi connectivity index (χ2n) is 6.39. The first kappa shape index (κ1) is 11.5. The summed E-state index contributed by atoms with van der Waals surface area (Å²) < 4.78 is 0. The van der Waals surface area contributed by atoms with Crippen molar-refractivity contribution in [1.29, 1.82) is 0 Å². The van der Waals surface area contributed by atoms with Gasteiger partial charge in [0.25, 0.3) is 0 Å². The van der Waals surface area contributed by atoms with Crippen LogP contribution in [0, 0.1) is 17.8 Å². The molecule has 0 aromatic carbocycles. The topological polar surface area (TPSA) is 40.5 Å². The van der Waals surface area contributed by atoms with E-state index in [1.54, 1.807) is 0 Å². The maximum absolute atomic E-state index is 11.4. The zero-order valence-corrected chi connectivity index (χ0v) is 10.6. The second-order valence-corrected chi connectivity index (χ2v) is 6.39. The Morgan fingerprint density at radius 3 is 2.29 bits per heavy atom. The first-order valence-electron chi connectivity index (χ1n) is 7.16. The van der Waals surface area contributed by atoms with Crippen LogP contribution in [0.4, 0.5) is 0 Å². The Labute approximate surface area is 103 Å². The minimum absolute atomic E-state index is 0.238. The van der Waals surface area contributed by atoms with Crippen molar-refractivity contribution in [3.8, 4) is 0 Å². The van der Waals surface area contributed by atoms with Crippen LogP contribution in [0.25, 0.3) is 0 Å². The Bertz CT molecular complexity index is 303. The van der Waals surface area contributed by atoms with Gasteiger partial charge in [-0.05, 0) is 56.3 Å². The molecule has 4 fully saturated rings. The molecule has 3 atom stereocenters. The van der Waals surface area contributed by atoms with Crippen LogP contribution in [0.3, 0.4) is 0 Å². The number of fused-ring (bicyclic) bond motifs is 1. The normalized spacial score (nSPS) is 42.4. The van der Waals surface area contributed by atoms with Gasteiger partial charge in [0, 0.05) is 12.6 Å². The molecule has 4 bridgehead atoms. The highest BCUT2D eigenvalue weighted by atomic mass is 16.4. The Morgan fingerprint density at radius 1 is 1.18 bits per heavy atom. The number of aliphatic carboxylic acids is 1. The van der Waals surface area contributed by atoms with Gasteiger partial charge in [-0.1, -0.05) is 6.92 Å². The lowest BCUT2D eigenvalue weighted by molar-refractivity contribution is -0.144. The molecule has 2 heterocycles. The third-order valence-corrected chi connectivity index (χ3v) is 5.22. The maximum Gasteiger partial charge on any atom is 0.320 e. The Hall–Kier alpha value is -0.570. The number of hydrogen-bond acceptors (Lipinski definition) is 2. The van der Waals surface area contributed by atoms with Gasteiger partial charge < -0.3 is 5.11 Å². The highest BCUT2D eigenvalue weighted by molar-refractivity contribution is 5.73. The van der Waals surface area contributed by atoms with E-state index in [-0.39, 0.29) is 6.04 Å². The molecule has 4 aliphatic rings. The predicted octanol–water partition coefficient (Wildman–Crippen LogP) is 2.36. The number of carboxylic acids is 1. The summed E-state index contributed by atoms with van der Waals surface area (Å²) in [5.41, 5.74) is 0. The summed E-state index contributed by atoms with van der Waals surface area (Å²) in [6, 6.07) is 0.324. The van der Waals surface area contributed by atoms with E-state index in [0.29, 0.717) is 6.04 Å². The fourth-order valence-corrected chi connectivity index (χ4v) is 4.75. The zero-order valence-electron chi connectivity index (χ0n) is 10.6. The van der Waals surface area contributed by atoms with Gasteiger partial charge in [-0.2, -0.15) is 0 Å². The van der Waals surface area contributed by atoms with Gasteiger partial charge in [0.15, 0.2) is 0 Å². The molecule has 0 radical (unpaired) electrons. The average molecular weight is 237 g/mol. The molecule has 96 valence electrons. The first-order valence-corrected chi connectivity index (χ1v) is 7.16. The average Bonchev–Trinajstić information content (AvgIpc) is 2.44. The van der Waals surface area contributed by atoms with E-state index in [0.717, 1.165) is 30.7 Å². The van der Waals surface area contributed by atoms with Crippen molar-refractivity contribution < 1.29 is 9.90 Å². The predicted molar refractivity (Wildman–Crippen MR) is 65.8 cm³/mol. The van der Waals surface area contributed by atoms with Crippen LogP contribution in [-0.2, 0) is 4.79 Å². The van der Waals surface area contributed by atoms with E-state index in [1.165, 1.54) is 32.1 Å². The Balaban J connectivity index is 1.84. The molecule has 2 aliphatic carbocycles. The van der Waals surface area contributed by atoms with Crippen molar-refractivity contribution in [2.24, 2.45) is 17.8 Å². The Kier molecular flexibility index (Phi) is 2.89. The minimum Gasteiger partial charge on any atom is -0.480 e. The van der Waals surface area contributed by atoms with Crippen LogP contribution < -0.4 is 0 Å². The molecule has 2 aliphatic heterocycles. The van der Waals surface area contributed by atoms with Gasteiger partial charge in [0.05, 0.1) is 0 Å². The van der Waals surface area contributed by atoms with Crippen molar-refractivity contribution in [1.82, 2.24) is 4.90 Å². The Morgan fingerprint density at radius 2 is 1.76 bits per heavy atom. The number of nitrogens with zero attached hydrogens (tertiary/aromatic N) is 1. The monoisotopic (exact) mass is 237 g/mol. The van der Waals surface area contributed by atoms with Crippen molar-refractivity contribution in [2.75, 3.05) is 6.54 Å². The summed E-state index contributed by atoms with van der Waals surface area (Å²) >= 11 is 0. The van der Waals surface area contributed by atoms with Crippen molar-refractivity contribution >= 4 is 5.97 Å². The molecule has 2 saturated carbocycles. The van der Waals surface area contributed by atoms with Gasteiger partial charge in [-0.25, -0.2) is 0 Å². The van der Waals surface area contributed by atoms with Crippen molar-refractivity contribution in [2.45, 2.75) is 57.5 Å². The second kappa shape index (κ2) is 4.27. The number of hydrogen-bond donors (Lipinski definition) is 1. The summed E-state index contributed by atoms with van der Waals surface area (Å²) in [4.78, 5) is 13.7. The lowest BCUT2D eigenvalue weighted by Crippen LogP contribution is -2.48. The van der Waals surface area contributed by atoms with E-state index in [1.807, 2.05) is 6.92 Å². The van der Waals surface area contributed by atoms with Crippen LogP contribution in [0.15, 0.2) is 0 Å². The quantitative estimate of drug-likeness (QED) is 0.819. The van der Waals surface area contributed by atoms with E-state index < -0.39 is 5.97 Å². The summed E-state index contributed by atoms with van der Waals surface area (Å²) in [6.45, 7) is 3.05. The molecular formula is C14H23NO2. The van der Waals surface area contributed by atoms with Crippen LogP contribution >= 0.6 is 0 Å². The van der Waals surface area contributed by atoms with Crippen molar-refractivity contribution in [3.05, 3.63) is 0 Å². The lowest BCUT2D eigenvalue weighted by atomic mass is 9.68. The summed E-state index contributed by atoms with van der Waals surface area (Å²) in [5.74, 6) is 1.95. The van der Waals surface area contributed by atoms with Crippen molar-refractivity contribution in [3.63, 3.8) is 0 Å². The molecular weight excluding hydrogens is 214 g/mol. The molecule has 17 heavy (non-hydrogen) atoms. The molecule has 0 amide bonds. The largest absolute Gasteiger partial charge is 0.480 e. The van der Waals surface area contributed by atoms with Crippen LogP contribution in [0.5, 0.6) is 0 Å². The van der Waals surface area contributed by atoms with E-state index >= 15 is 0 Å². The maximum atomic E-state index is 11.4. The van der Waals surface area contributed by atoms with E-state index in [4.69, 9.17) is 0 Å². The summed E-state index contributed by atoms with van der Waals surface area (Å²) in [7, 11) is 0. The standard InChI is InChI=1S/C14H23NO2/c1-2-13(14(16)17)15-8-11-4-9-3-10(5-11)7-12(15)6-9/h9-13H,2-8H2,1H3,(H,16,17). The number of carboxylic acid groups (broad SMARTS) is 1. The van der Waals surface area contributed by atoms with Gasteiger partial charge in [0.2, 0.25) is 0 Å². The fourth-order valence-electron chi connectivity index (χ4n) is 4.75. The molecule has 3 nitrogen and oxygen atoms in total. The van der Waals surface area contributed by atoms with E-state index in [9.17, 15) is 9.90 Å².